The summed E-state index contributed by atoms with van der Waals surface area (Å²) in [4.78, 5) is 12.5. The van der Waals surface area contributed by atoms with Gasteiger partial charge >= 0.3 is 0 Å². The minimum absolute atomic E-state index is 0.211. The summed E-state index contributed by atoms with van der Waals surface area (Å²) in [6, 6.07) is 11.1. The van der Waals surface area contributed by atoms with Crippen LogP contribution in [0.4, 0.5) is 10.1 Å². The van der Waals surface area contributed by atoms with Gasteiger partial charge in [0.15, 0.2) is 5.82 Å². The van der Waals surface area contributed by atoms with Gasteiger partial charge in [-0.05, 0) is 55.8 Å². The summed E-state index contributed by atoms with van der Waals surface area (Å²) in [6.07, 6.45) is 0. The molecule has 0 aliphatic heterocycles. The molecule has 0 fully saturated rings. The number of halogens is 2. The van der Waals surface area contributed by atoms with Crippen LogP contribution in [0.1, 0.15) is 12.5 Å². The van der Waals surface area contributed by atoms with Gasteiger partial charge in [0, 0.05) is 16.3 Å². The maximum atomic E-state index is 13.1. The van der Waals surface area contributed by atoms with E-state index < -0.39 is 5.25 Å². The van der Waals surface area contributed by atoms with Crippen LogP contribution in [0.2, 0.25) is 5.02 Å². The minimum Gasteiger partial charge on any atom is -0.335 e. The number of nitrogens with one attached hydrogen (secondary N) is 1. The zero-order valence-corrected chi connectivity index (χ0v) is 16.2. The number of amides is 1. The van der Waals surface area contributed by atoms with Gasteiger partial charge in [0.2, 0.25) is 11.1 Å². The number of carbonyl (C=O) groups excluding carboxylic acids is 1. The number of nitrogen functional groups attached to an aromatic ring is 1. The number of nitrogens with two attached hydrogens (primary N) is 1. The maximum Gasteiger partial charge on any atom is 0.237 e. The van der Waals surface area contributed by atoms with E-state index in [2.05, 4.69) is 15.5 Å². The van der Waals surface area contributed by atoms with E-state index in [4.69, 9.17) is 17.4 Å². The molecular weight excluding hydrogens is 389 g/mol. The Morgan fingerprint density at radius 1 is 1.26 bits per heavy atom. The number of hydrogen-bond donors (Lipinski definition) is 2. The van der Waals surface area contributed by atoms with Crippen LogP contribution in [-0.2, 0) is 4.79 Å². The lowest BCUT2D eigenvalue weighted by atomic mass is 10.2. The molecule has 3 N–H and O–H groups in total. The predicted octanol–water partition coefficient (Wildman–Crippen LogP) is 3.88. The third kappa shape index (κ3) is 4.23. The maximum absolute atomic E-state index is 13.1. The molecule has 0 aliphatic carbocycles. The number of anilines is 1. The number of rotatable bonds is 5. The Morgan fingerprint density at radius 3 is 2.67 bits per heavy atom. The number of thioether (sulfide) groups is 1. The van der Waals surface area contributed by atoms with Crippen LogP contribution in [0.25, 0.3) is 11.4 Å². The van der Waals surface area contributed by atoms with Crippen LogP contribution >= 0.6 is 23.4 Å². The quantitative estimate of drug-likeness (QED) is 0.497. The van der Waals surface area contributed by atoms with E-state index >= 15 is 0 Å². The summed E-state index contributed by atoms with van der Waals surface area (Å²) in [5.41, 5.74) is 2.08. The largest absolute Gasteiger partial charge is 0.335 e. The summed E-state index contributed by atoms with van der Waals surface area (Å²) in [7, 11) is 0. The van der Waals surface area contributed by atoms with Crippen LogP contribution in [0, 0.1) is 12.7 Å². The number of benzene rings is 2. The molecule has 0 saturated carbocycles. The lowest BCUT2D eigenvalue weighted by molar-refractivity contribution is -0.115. The monoisotopic (exact) mass is 405 g/mol. The van der Waals surface area contributed by atoms with E-state index in [9.17, 15) is 9.18 Å². The van der Waals surface area contributed by atoms with Gasteiger partial charge < -0.3 is 11.2 Å². The van der Waals surface area contributed by atoms with Crippen molar-refractivity contribution in [1.29, 1.82) is 0 Å². The molecule has 2 aromatic carbocycles. The lowest BCUT2D eigenvalue weighted by Crippen LogP contribution is -2.24. The molecule has 1 aromatic heterocycles. The van der Waals surface area contributed by atoms with Crippen molar-refractivity contribution in [2.24, 2.45) is 0 Å². The predicted molar refractivity (Wildman–Crippen MR) is 106 cm³/mol. The molecule has 140 valence electrons. The fourth-order valence-electron chi connectivity index (χ4n) is 2.34. The highest BCUT2D eigenvalue weighted by Crippen LogP contribution is 2.27. The fourth-order valence-corrected chi connectivity index (χ4v) is 3.29. The van der Waals surface area contributed by atoms with E-state index in [1.165, 1.54) is 28.6 Å². The van der Waals surface area contributed by atoms with Crippen molar-refractivity contribution in [2.45, 2.75) is 24.3 Å². The van der Waals surface area contributed by atoms with Crippen molar-refractivity contribution in [3.8, 4) is 11.4 Å². The molecule has 0 aliphatic rings. The van der Waals surface area contributed by atoms with E-state index in [1.807, 2.05) is 6.92 Å². The first-order valence-electron chi connectivity index (χ1n) is 8.06. The Kier molecular flexibility index (Phi) is 5.67. The molecule has 0 spiro atoms. The topological polar surface area (TPSA) is 85.8 Å². The second kappa shape index (κ2) is 7.98. The molecular formula is C18H17ClFN5OS. The molecule has 0 saturated heterocycles. The Labute approximate surface area is 164 Å². The molecule has 1 atom stereocenters. The summed E-state index contributed by atoms with van der Waals surface area (Å²) in [5, 5.41) is 11.4. The molecule has 1 heterocycles. The highest BCUT2D eigenvalue weighted by molar-refractivity contribution is 8.00. The average Bonchev–Trinajstić information content (AvgIpc) is 3.00. The van der Waals surface area contributed by atoms with Gasteiger partial charge in [0.25, 0.3) is 0 Å². The van der Waals surface area contributed by atoms with Crippen LogP contribution in [-0.4, -0.2) is 26.0 Å². The van der Waals surface area contributed by atoms with Gasteiger partial charge in [0.05, 0.1) is 5.25 Å². The smallest absolute Gasteiger partial charge is 0.237 e. The van der Waals surface area contributed by atoms with Crippen LogP contribution in [0.15, 0.2) is 47.6 Å². The third-order valence-electron chi connectivity index (χ3n) is 3.94. The molecule has 0 bridgehead atoms. The fraction of sp³-hybridized carbons (Fsp3) is 0.167. The van der Waals surface area contributed by atoms with E-state index in [0.29, 0.717) is 27.3 Å². The van der Waals surface area contributed by atoms with E-state index in [1.54, 1.807) is 37.3 Å². The Morgan fingerprint density at radius 2 is 1.96 bits per heavy atom. The second-order valence-electron chi connectivity index (χ2n) is 5.84. The Hall–Kier alpha value is -2.58. The number of hydrogen-bond acceptors (Lipinski definition) is 5. The van der Waals surface area contributed by atoms with Gasteiger partial charge in [-0.3, -0.25) is 4.79 Å². The molecule has 1 unspecified atom stereocenters. The van der Waals surface area contributed by atoms with Gasteiger partial charge in [-0.15, -0.1) is 10.2 Å². The van der Waals surface area contributed by atoms with Crippen molar-refractivity contribution in [1.82, 2.24) is 14.9 Å². The number of aromatic nitrogens is 3. The standard InChI is InChI=1S/C18H17ClFN5OS/c1-10-14(19)4-3-5-15(10)22-17(26)11(2)27-18-24-23-16(25(18)21)12-6-8-13(20)9-7-12/h3-9,11H,21H2,1-2H3,(H,22,26). The molecule has 0 radical (unpaired) electrons. The second-order valence-corrected chi connectivity index (χ2v) is 7.56. The molecule has 27 heavy (non-hydrogen) atoms. The van der Waals surface area contributed by atoms with Gasteiger partial charge in [-0.1, -0.05) is 29.4 Å². The van der Waals surface area contributed by atoms with Crippen molar-refractivity contribution >= 4 is 35.0 Å². The summed E-state index contributed by atoms with van der Waals surface area (Å²) < 4.78 is 14.4. The first-order valence-corrected chi connectivity index (χ1v) is 9.31. The normalized spacial score (nSPS) is 12.0. The van der Waals surface area contributed by atoms with Crippen LogP contribution in [0.3, 0.4) is 0 Å². The average molecular weight is 406 g/mol. The van der Waals surface area contributed by atoms with Crippen molar-refractivity contribution in [3.05, 3.63) is 58.9 Å². The summed E-state index contributed by atoms with van der Waals surface area (Å²) >= 11 is 7.25. The zero-order chi connectivity index (χ0) is 19.6. The summed E-state index contributed by atoms with van der Waals surface area (Å²) in [6.45, 7) is 3.58. The zero-order valence-electron chi connectivity index (χ0n) is 14.6. The summed E-state index contributed by atoms with van der Waals surface area (Å²) in [5.74, 6) is 5.87. The van der Waals surface area contributed by atoms with Gasteiger partial charge in [0.1, 0.15) is 5.82 Å². The molecule has 1 amide bonds. The van der Waals surface area contributed by atoms with E-state index in [-0.39, 0.29) is 11.7 Å². The van der Waals surface area contributed by atoms with Gasteiger partial charge in [-0.2, -0.15) is 0 Å². The molecule has 6 nitrogen and oxygen atoms in total. The van der Waals surface area contributed by atoms with E-state index in [0.717, 1.165) is 5.56 Å². The first kappa shape index (κ1) is 19.2. The van der Waals surface area contributed by atoms with Crippen LogP contribution in [0.5, 0.6) is 0 Å². The Balaban J connectivity index is 1.72. The van der Waals surface area contributed by atoms with Crippen LogP contribution < -0.4 is 11.2 Å². The van der Waals surface area contributed by atoms with Crippen molar-refractivity contribution < 1.29 is 9.18 Å². The van der Waals surface area contributed by atoms with Gasteiger partial charge in [-0.25, -0.2) is 9.07 Å². The van der Waals surface area contributed by atoms with Crippen molar-refractivity contribution in [3.63, 3.8) is 0 Å². The van der Waals surface area contributed by atoms with Crippen molar-refractivity contribution in [2.75, 3.05) is 11.2 Å². The minimum atomic E-state index is -0.476. The lowest BCUT2D eigenvalue weighted by Gasteiger charge is -2.13. The SMILES string of the molecule is Cc1c(Cl)cccc1NC(=O)C(C)Sc1nnc(-c2ccc(F)cc2)n1N. The molecule has 9 heteroatoms. The highest BCUT2D eigenvalue weighted by atomic mass is 35.5. The number of carbonyl (C=O) groups is 1. The Bertz CT molecular complexity index is 976. The molecule has 3 rings (SSSR count). The highest BCUT2D eigenvalue weighted by Gasteiger charge is 2.20. The first-order chi connectivity index (χ1) is 12.9. The third-order valence-corrected chi connectivity index (χ3v) is 5.41. The molecule has 3 aromatic rings. The number of nitrogens with zero attached hydrogens (tertiary/aromatic N) is 3.